The molecule has 0 bridgehead atoms. The lowest BCUT2D eigenvalue weighted by Gasteiger charge is -2.20. The van der Waals surface area contributed by atoms with Gasteiger partial charge in [-0.15, -0.1) is 0 Å². The van der Waals surface area contributed by atoms with Crippen LogP contribution >= 0.6 is 11.6 Å². The van der Waals surface area contributed by atoms with Crippen LogP contribution in [0.5, 0.6) is 0 Å². The van der Waals surface area contributed by atoms with Gasteiger partial charge in [0, 0.05) is 37.7 Å². The Balaban J connectivity index is 1.81. The summed E-state index contributed by atoms with van der Waals surface area (Å²) in [5.74, 6) is -0.768. The molecule has 0 radical (unpaired) electrons. The number of aromatic amines is 1. The van der Waals surface area contributed by atoms with Gasteiger partial charge < -0.3 is 25.1 Å². The summed E-state index contributed by atoms with van der Waals surface area (Å²) in [6.45, 7) is 0.151. The van der Waals surface area contributed by atoms with Gasteiger partial charge in [-0.25, -0.2) is 0 Å². The highest BCUT2D eigenvalue weighted by atomic mass is 35.5. The Hall–Kier alpha value is -2.87. The third kappa shape index (κ3) is 5.18. The molecule has 2 aromatic carbocycles. The van der Waals surface area contributed by atoms with Gasteiger partial charge >= 0.3 is 0 Å². The van der Waals surface area contributed by atoms with Crippen molar-refractivity contribution < 1.29 is 19.1 Å². The Bertz CT molecular complexity index is 1020. The summed E-state index contributed by atoms with van der Waals surface area (Å²) < 4.78 is 10.2. The number of hydrogen-bond donors (Lipinski definition) is 3. The summed E-state index contributed by atoms with van der Waals surface area (Å²) >= 11 is 6.14. The van der Waals surface area contributed by atoms with Crippen LogP contribution in [0, 0.1) is 0 Å². The number of aromatic nitrogens is 1. The molecule has 1 heterocycles. The van der Waals surface area contributed by atoms with Gasteiger partial charge in [0.1, 0.15) is 6.04 Å². The molecule has 8 heteroatoms. The van der Waals surface area contributed by atoms with Crippen LogP contribution in [0.3, 0.4) is 0 Å². The first-order valence-electron chi connectivity index (χ1n) is 9.47. The SMILES string of the molecule is COC(CNC(=O)C(Cc1c[nH]c2ccccc12)NC(=O)c1ccccc1Cl)OC. The first-order valence-corrected chi connectivity index (χ1v) is 9.85. The van der Waals surface area contributed by atoms with Crippen LogP contribution in [0.1, 0.15) is 15.9 Å². The maximum Gasteiger partial charge on any atom is 0.253 e. The second-order valence-electron chi connectivity index (χ2n) is 6.72. The molecule has 7 nitrogen and oxygen atoms in total. The fourth-order valence-corrected chi connectivity index (χ4v) is 3.40. The number of methoxy groups -OCH3 is 2. The molecular weight excluding hydrogens is 406 g/mol. The van der Waals surface area contributed by atoms with Gasteiger partial charge in [-0.2, -0.15) is 0 Å². The molecule has 1 atom stereocenters. The number of rotatable bonds is 9. The smallest absolute Gasteiger partial charge is 0.253 e. The van der Waals surface area contributed by atoms with E-state index < -0.39 is 18.2 Å². The minimum Gasteiger partial charge on any atom is -0.361 e. The molecule has 2 amide bonds. The quantitative estimate of drug-likeness (QED) is 0.456. The predicted octanol–water partition coefficient (Wildman–Crippen LogP) is 2.90. The van der Waals surface area contributed by atoms with E-state index in [-0.39, 0.29) is 12.5 Å². The third-order valence-electron chi connectivity index (χ3n) is 4.81. The van der Waals surface area contributed by atoms with E-state index in [9.17, 15) is 9.59 Å². The maximum atomic E-state index is 12.9. The van der Waals surface area contributed by atoms with Crippen molar-refractivity contribution in [3.63, 3.8) is 0 Å². The van der Waals surface area contributed by atoms with Gasteiger partial charge in [-0.05, 0) is 23.8 Å². The molecule has 0 saturated heterocycles. The van der Waals surface area contributed by atoms with Crippen LogP contribution < -0.4 is 10.6 Å². The van der Waals surface area contributed by atoms with E-state index in [4.69, 9.17) is 21.1 Å². The molecule has 158 valence electrons. The maximum absolute atomic E-state index is 12.9. The minimum absolute atomic E-state index is 0.151. The molecule has 3 N–H and O–H groups in total. The van der Waals surface area contributed by atoms with Crippen LogP contribution in [0.25, 0.3) is 10.9 Å². The molecule has 0 aliphatic carbocycles. The summed E-state index contributed by atoms with van der Waals surface area (Å²) in [4.78, 5) is 28.9. The average molecular weight is 430 g/mol. The fraction of sp³-hybridized carbons (Fsp3) is 0.273. The van der Waals surface area contributed by atoms with Gasteiger partial charge in [0.15, 0.2) is 6.29 Å². The number of hydrogen-bond acceptors (Lipinski definition) is 4. The molecule has 30 heavy (non-hydrogen) atoms. The fourth-order valence-electron chi connectivity index (χ4n) is 3.18. The van der Waals surface area contributed by atoms with Crippen LogP contribution in [0.2, 0.25) is 5.02 Å². The van der Waals surface area contributed by atoms with Crippen LogP contribution in [-0.2, 0) is 20.7 Å². The summed E-state index contributed by atoms with van der Waals surface area (Å²) in [5, 5.41) is 6.89. The van der Waals surface area contributed by atoms with Gasteiger partial charge in [-0.3, -0.25) is 9.59 Å². The minimum atomic E-state index is -0.817. The molecule has 3 aromatic rings. The highest BCUT2D eigenvalue weighted by Gasteiger charge is 2.24. The van der Waals surface area contributed by atoms with E-state index in [0.29, 0.717) is 17.0 Å². The number of amides is 2. The van der Waals surface area contributed by atoms with E-state index in [2.05, 4.69) is 15.6 Å². The summed E-state index contributed by atoms with van der Waals surface area (Å²) in [7, 11) is 2.98. The number of ether oxygens (including phenoxy) is 2. The Kier molecular flexibility index (Phi) is 7.46. The van der Waals surface area contributed by atoms with E-state index in [1.807, 2.05) is 30.5 Å². The van der Waals surface area contributed by atoms with Crippen LogP contribution in [-0.4, -0.2) is 49.9 Å². The number of fused-ring (bicyclic) bond motifs is 1. The van der Waals surface area contributed by atoms with Gasteiger partial charge in [0.05, 0.1) is 17.1 Å². The van der Waals surface area contributed by atoms with Crippen molar-refractivity contribution in [3.05, 3.63) is 70.9 Å². The second-order valence-corrected chi connectivity index (χ2v) is 7.12. The molecule has 0 saturated carbocycles. The third-order valence-corrected chi connectivity index (χ3v) is 5.14. The van der Waals surface area contributed by atoms with Crippen molar-refractivity contribution in [2.75, 3.05) is 20.8 Å². The normalized spacial score (nSPS) is 12.1. The van der Waals surface area contributed by atoms with Crippen molar-refractivity contribution in [3.8, 4) is 0 Å². The Morgan fingerprint density at radius 2 is 1.77 bits per heavy atom. The zero-order valence-electron chi connectivity index (χ0n) is 16.8. The van der Waals surface area contributed by atoms with Crippen molar-refractivity contribution in [2.45, 2.75) is 18.8 Å². The number of carbonyl (C=O) groups is 2. The van der Waals surface area contributed by atoms with E-state index in [1.54, 1.807) is 24.3 Å². The number of para-hydroxylation sites is 1. The Morgan fingerprint density at radius 1 is 1.07 bits per heavy atom. The number of benzene rings is 2. The van der Waals surface area contributed by atoms with Gasteiger partial charge in [-0.1, -0.05) is 41.9 Å². The number of carbonyl (C=O) groups excluding carboxylic acids is 2. The molecule has 0 aliphatic rings. The molecular formula is C22H24ClN3O4. The van der Waals surface area contributed by atoms with Gasteiger partial charge in [0.2, 0.25) is 5.91 Å². The van der Waals surface area contributed by atoms with Crippen molar-refractivity contribution >= 4 is 34.3 Å². The van der Waals surface area contributed by atoms with Crippen molar-refractivity contribution in [1.29, 1.82) is 0 Å². The van der Waals surface area contributed by atoms with Crippen molar-refractivity contribution in [1.82, 2.24) is 15.6 Å². The first-order chi connectivity index (χ1) is 14.5. The average Bonchev–Trinajstić information content (AvgIpc) is 3.17. The zero-order chi connectivity index (χ0) is 21.5. The number of nitrogens with one attached hydrogen (secondary N) is 3. The van der Waals surface area contributed by atoms with E-state index in [0.717, 1.165) is 16.5 Å². The summed E-state index contributed by atoms with van der Waals surface area (Å²) in [6, 6.07) is 13.7. The molecule has 1 unspecified atom stereocenters. The number of H-pyrrole nitrogens is 1. The Morgan fingerprint density at radius 3 is 2.50 bits per heavy atom. The highest BCUT2D eigenvalue weighted by molar-refractivity contribution is 6.33. The molecule has 0 spiro atoms. The van der Waals surface area contributed by atoms with Crippen molar-refractivity contribution in [2.24, 2.45) is 0 Å². The Labute approximate surface area is 179 Å². The first kappa shape index (κ1) is 21.8. The lowest BCUT2D eigenvalue weighted by Crippen LogP contribution is -2.49. The summed E-state index contributed by atoms with van der Waals surface area (Å²) in [5.41, 5.74) is 2.19. The number of halogens is 1. The standard InChI is InChI=1S/C22H24ClN3O4/c1-29-20(30-2)13-25-22(28)19(26-21(27)16-8-3-5-9-17(16)23)11-14-12-24-18-10-6-4-7-15(14)18/h3-10,12,19-20,24H,11,13H2,1-2H3,(H,25,28)(H,26,27). The monoisotopic (exact) mass is 429 g/mol. The molecule has 1 aromatic heterocycles. The molecule has 0 fully saturated rings. The zero-order valence-corrected chi connectivity index (χ0v) is 17.5. The predicted molar refractivity (Wildman–Crippen MR) is 116 cm³/mol. The van der Waals surface area contributed by atoms with E-state index in [1.165, 1.54) is 14.2 Å². The topological polar surface area (TPSA) is 92.5 Å². The highest BCUT2D eigenvalue weighted by Crippen LogP contribution is 2.20. The lowest BCUT2D eigenvalue weighted by atomic mass is 10.0. The largest absolute Gasteiger partial charge is 0.361 e. The molecule has 0 aliphatic heterocycles. The van der Waals surface area contributed by atoms with Gasteiger partial charge in [0.25, 0.3) is 5.91 Å². The molecule has 3 rings (SSSR count). The summed E-state index contributed by atoms with van der Waals surface area (Å²) in [6.07, 6.45) is 1.57. The van der Waals surface area contributed by atoms with Crippen LogP contribution in [0.4, 0.5) is 0 Å². The van der Waals surface area contributed by atoms with Crippen LogP contribution in [0.15, 0.2) is 54.7 Å². The van der Waals surface area contributed by atoms with E-state index >= 15 is 0 Å². The second kappa shape index (κ2) is 10.2. The lowest BCUT2D eigenvalue weighted by molar-refractivity contribution is -0.129.